The fraction of sp³-hybridized carbons (Fsp3) is 0.571. The van der Waals surface area contributed by atoms with Crippen molar-refractivity contribution >= 4 is 11.8 Å². The second-order valence-corrected chi connectivity index (χ2v) is 1.77. The Hall–Kier alpha value is -0.990. The van der Waals surface area contributed by atoms with Crippen molar-refractivity contribution < 1.29 is 14.3 Å². The van der Waals surface area contributed by atoms with Gasteiger partial charge in [-0.05, 0) is 6.92 Å². The molecule has 10 heavy (non-hydrogen) atoms. The standard InChI is InChI=1S/C7H11O3/c1-3-6(8)5-7(9)10-4-2/h1,3-5H2,2H3/q+1. The SMILES string of the molecule is [CH2+]CC(=O)CC(=O)OCC. The van der Waals surface area contributed by atoms with Gasteiger partial charge >= 0.3 is 5.97 Å². The van der Waals surface area contributed by atoms with Crippen molar-refractivity contribution in [1.82, 2.24) is 0 Å². The Bertz CT molecular complexity index is 129. The van der Waals surface area contributed by atoms with Crippen LogP contribution in [0.3, 0.4) is 0 Å². The number of hydrogen-bond donors (Lipinski definition) is 0. The highest BCUT2D eigenvalue weighted by Crippen LogP contribution is 1.91. The molecule has 0 aliphatic heterocycles. The molecule has 0 radical (unpaired) electrons. The molecule has 0 rings (SSSR count). The van der Waals surface area contributed by atoms with Crippen LogP contribution in [0.25, 0.3) is 0 Å². The van der Waals surface area contributed by atoms with E-state index in [9.17, 15) is 9.59 Å². The van der Waals surface area contributed by atoms with Crippen molar-refractivity contribution in [3.8, 4) is 0 Å². The molecule has 0 unspecified atom stereocenters. The quantitative estimate of drug-likeness (QED) is 0.331. The summed E-state index contributed by atoms with van der Waals surface area (Å²) in [5.74, 6) is -0.644. The van der Waals surface area contributed by atoms with E-state index < -0.39 is 5.97 Å². The number of carbonyl (C=O) groups is 2. The zero-order valence-corrected chi connectivity index (χ0v) is 6.05. The summed E-state index contributed by atoms with van der Waals surface area (Å²) in [4.78, 5) is 21.1. The topological polar surface area (TPSA) is 43.4 Å². The van der Waals surface area contributed by atoms with E-state index in [1.165, 1.54) is 0 Å². The minimum atomic E-state index is -0.462. The fourth-order valence-corrected chi connectivity index (χ4v) is 0.461. The summed E-state index contributed by atoms with van der Waals surface area (Å²) in [6.07, 6.45) is 0.0101. The Morgan fingerprint density at radius 3 is 2.50 bits per heavy atom. The lowest BCUT2D eigenvalue weighted by Crippen LogP contribution is -2.09. The first-order chi connectivity index (χ1) is 4.70. The van der Waals surface area contributed by atoms with Gasteiger partial charge in [0.25, 0.3) is 0 Å². The Morgan fingerprint density at radius 2 is 2.10 bits per heavy atom. The summed E-state index contributed by atoms with van der Waals surface area (Å²) < 4.78 is 4.53. The lowest BCUT2D eigenvalue weighted by molar-refractivity contribution is -0.145. The number of rotatable bonds is 4. The number of ether oxygens (including phenoxy) is 1. The first-order valence-corrected chi connectivity index (χ1v) is 3.17. The molecule has 0 bridgehead atoms. The minimum absolute atomic E-state index is 0.142. The van der Waals surface area contributed by atoms with Gasteiger partial charge in [-0.2, -0.15) is 0 Å². The molecule has 0 fully saturated rings. The molecular weight excluding hydrogens is 132 g/mol. The van der Waals surface area contributed by atoms with Crippen LogP contribution in [0.4, 0.5) is 0 Å². The van der Waals surface area contributed by atoms with Crippen LogP contribution in [0.5, 0.6) is 0 Å². The number of ketones is 1. The van der Waals surface area contributed by atoms with E-state index in [1.54, 1.807) is 6.92 Å². The number of hydrogen-bond acceptors (Lipinski definition) is 3. The summed E-state index contributed by atoms with van der Waals surface area (Å²) in [6, 6.07) is 0. The van der Waals surface area contributed by atoms with Gasteiger partial charge in [-0.15, -0.1) is 0 Å². The Morgan fingerprint density at radius 1 is 1.50 bits per heavy atom. The Labute approximate surface area is 60.4 Å². The first-order valence-electron chi connectivity index (χ1n) is 3.17. The third kappa shape index (κ3) is 3.95. The maximum atomic E-state index is 10.5. The molecule has 56 valence electrons. The van der Waals surface area contributed by atoms with Crippen molar-refractivity contribution in [1.29, 1.82) is 0 Å². The lowest BCUT2D eigenvalue weighted by Gasteiger charge is -1.96. The Kier molecular flexibility index (Phi) is 4.37. The van der Waals surface area contributed by atoms with Gasteiger partial charge in [0, 0.05) is 0 Å². The minimum Gasteiger partial charge on any atom is -0.466 e. The van der Waals surface area contributed by atoms with Gasteiger partial charge in [-0.1, -0.05) is 0 Å². The van der Waals surface area contributed by atoms with Crippen LogP contribution in [-0.4, -0.2) is 18.4 Å². The molecule has 3 nitrogen and oxygen atoms in total. The normalized spacial score (nSPS) is 8.90. The summed E-state index contributed by atoms with van der Waals surface area (Å²) in [5, 5.41) is 0. The molecule has 0 aliphatic rings. The first kappa shape index (κ1) is 9.01. The van der Waals surface area contributed by atoms with Gasteiger partial charge in [-0.25, -0.2) is 0 Å². The van der Waals surface area contributed by atoms with Gasteiger partial charge in [0.1, 0.15) is 12.8 Å². The molecule has 3 heteroatoms. The van der Waals surface area contributed by atoms with Gasteiger partial charge in [0.2, 0.25) is 0 Å². The zero-order chi connectivity index (χ0) is 7.98. The van der Waals surface area contributed by atoms with E-state index in [1.807, 2.05) is 0 Å². The smallest absolute Gasteiger partial charge is 0.313 e. The molecule has 0 N–H and O–H groups in total. The predicted molar refractivity (Wildman–Crippen MR) is 36.2 cm³/mol. The average Bonchev–Trinajstić information content (AvgIpc) is 1.88. The van der Waals surface area contributed by atoms with Crippen molar-refractivity contribution in [2.24, 2.45) is 0 Å². The molecule has 0 saturated heterocycles. The van der Waals surface area contributed by atoms with Crippen molar-refractivity contribution in [3.63, 3.8) is 0 Å². The van der Waals surface area contributed by atoms with Crippen molar-refractivity contribution in [2.45, 2.75) is 19.8 Å². The van der Waals surface area contributed by atoms with Crippen LogP contribution in [0.1, 0.15) is 19.8 Å². The predicted octanol–water partition coefficient (Wildman–Crippen LogP) is 0.733. The second kappa shape index (κ2) is 4.85. The summed E-state index contributed by atoms with van der Waals surface area (Å²) in [6.45, 7) is 5.37. The number of esters is 1. The van der Waals surface area contributed by atoms with Gasteiger partial charge < -0.3 is 4.74 Å². The van der Waals surface area contributed by atoms with Crippen LogP contribution >= 0.6 is 0 Å². The molecule has 0 spiro atoms. The van der Waals surface area contributed by atoms with E-state index in [2.05, 4.69) is 11.7 Å². The highest BCUT2D eigenvalue weighted by atomic mass is 16.5. The zero-order valence-electron chi connectivity index (χ0n) is 6.05. The van der Waals surface area contributed by atoms with Crippen LogP contribution in [-0.2, 0) is 14.3 Å². The molecule has 0 aliphatic carbocycles. The molecule has 0 saturated carbocycles. The maximum absolute atomic E-state index is 10.5. The van der Waals surface area contributed by atoms with Crippen LogP contribution in [0.15, 0.2) is 0 Å². The maximum Gasteiger partial charge on any atom is 0.313 e. The summed E-state index contributed by atoms with van der Waals surface area (Å²) in [5.41, 5.74) is 0. The summed E-state index contributed by atoms with van der Waals surface area (Å²) >= 11 is 0. The second-order valence-electron chi connectivity index (χ2n) is 1.77. The number of carbonyl (C=O) groups excluding carboxylic acids is 2. The highest BCUT2D eigenvalue weighted by Gasteiger charge is 2.09. The summed E-state index contributed by atoms with van der Waals surface area (Å²) in [7, 11) is 0. The molecule has 0 aromatic carbocycles. The highest BCUT2D eigenvalue weighted by molar-refractivity contribution is 5.95. The Balaban J connectivity index is 3.47. The van der Waals surface area contributed by atoms with E-state index in [0.29, 0.717) is 6.61 Å². The monoisotopic (exact) mass is 143 g/mol. The van der Waals surface area contributed by atoms with E-state index in [0.717, 1.165) is 0 Å². The van der Waals surface area contributed by atoms with Crippen LogP contribution in [0.2, 0.25) is 0 Å². The fourth-order valence-electron chi connectivity index (χ4n) is 0.461. The average molecular weight is 143 g/mol. The van der Waals surface area contributed by atoms with Crippen LogP contribution in [0, 0.1) is 6.92 Å². The van der Waals surface area contributed by atoms with Gasteiger partial charge in [0.05, 0.1) is 13.5 Å². The van der Waals surface area contributed by atoms with Crippen molar-refractivity contribution in [3.05, 3.63) is 6.92 Å². The largest absolute Gasteiger partial charge is 0.466 e. The van der Waals surface area contributed by atoms with Gasteiger partial charge in [-0.3, -0.25) is 9.59 Å². The molecular formula is C7H11O3+. The lowest BCUT2D eigenvalue weighted by atomic mass is 10.2. The van der Waals surface area contributed by atoms with E-state index in [4.69, 9.17) is 0 Å². The number of Topliss-reactive ketones (excluding diaryl/α,β-unsaturated/α-hetero) is 1. The third-order valence-corrected chi connectivity index (χ3v) is 0.926. The van der Waals surface area contributed by atoms with Gasteiger partial charge in [0.15, 0.2) is 5.78 Å². The molecule has 0 heterocycles. The molecule has 0 amide bonds. The molecule has 0 aromatic rings. The molecule has 0 atom stereocenters. The third-order valence-electron chi connectivity index (χ3n) is 0.926. The van der Waals surface area contributed by atoms with Crippen LogP contribution < -0.4 is 0 Å². The van der Waals surface area contributed by atoms with E-state index >= 15 is 0 Å². The van der Waals surface area contributed by atoms with Crippen molar-refractivity contribution in [2.75, 3.05) is 6.61 Å². The van der Waals surface area contributed by atoms with E-state index in [-0.39, 0.29) is 18.6 Å². The molecule has 0 aromatic heterocycles.